The Balaban J connectivity index is 2.27. The third-order valence-corrected chi connectivity index (χ3v) is 4.53. The Morgan fingerprint density at radius 1 is 1.00 bits per heavy atom. The van der Waals surface area contributed by atoms with Gasteiger partial charge in [0.15, 0.2) is 0 Å². The molecule has 2 aromatic carbocycles. The summed E-state index contributed by atoms with van der Waals surface area (Å²) in [6.45, 7) is 0. The van der Waals surface area contributed by atoms with Crippen LogP contribution in [0.15, 0.2) is 47.4 Å². The lowest BCUT2D eigenvalue weighted by molar-refractivity contribution is 0.145. The molecule has 11 heteroatoms. The van der Waals surface area contributed by atoms with E-state index in [0.29, 0.717) is 12.1 Å². The molecule has 27 heavy (non-hydrogen) atoms. The van der Waals surface area contributed by atoms with Crippen molar-refractivity contribution in [1.29, 1.82) is 0 Å². The molecule has 0 unspecified atom stereocenters. The monoisotopic (exact) mass is 403 g/mol. The van der Waals surface area contributed by atoms with E-state index in [0.717, 1.165) is 22.9 Å². The molecule has 0 fully saturated rings. The Hall–Kier alpha value is -2.79. The molecule has 1 aromatic heterocycles. The van der Waals surface area contributed by atoms with Gasteiger partial charge in [-0.15, -0.1) is 0 Å². The number of primary sulfonamides is 1. The van der Waals surface area contributed by atoms with Crippen molar-refractivity contribution in [2.75, 3.05) is 0 Å². The van der Waals surface area contributed by atoms with Crippen LogP contribution < -0.4 is 5.14 Å². The third-order valence-electron chi connectivity index (χ3n) is 3.61. The minimum absolute atomic E-state index is 0.0211. The number of benzene rings is 2. The van der Waals surface area contributed by atoms with Crippen LogP contribution in [0.1, 0.15) is 12.1 Å². The highest BCUT2D eigenvalue weighted by molar-refractivity contribution is 7.89. The summed E-state index contributed by atoms with van der Waals surface area (Å²) in [4.78, 5) is -1.09. The maximum absolute atomic E-state index is 14.4. The molecule has 2 N–H and O–H groups in total. The number of halogens is 5. The second kappa shape index (κ2) is 6.74. The average Bonchev–Trinajstić information content (AvgIpc) is 3.01. The highest BCUT2D eigenvalue weighted by Crippen LogP contribution is 2.32. The Morgan fingerprint density at radius 3 is 2.30 bits per heavy atom. The van der Waals surface area contributed by atoms with Gasteiger partial charge in [-0.05, 0) is 36.4 Å². The molecule has 1 heterocycles. The SMILES string of the molecule is NS(=O)(=O)c1cc(F)c(-c2cc(C(F)F)nn2-c2cccc(F)c2)cc1F. The van der Waals surface area contributed by atoms with Gasteiger partial charge in [0, 0.05) is 5.56 Å². The molecule has 0 bridgehead atoms. The van der Waals surface area contributed by atoms with Crippen molar-refractivity contribution >= 4 is 10.0 Å². The van der Waals surface area contributed by atoms with Crippen molar-refractivity contribution in [3.63, 3.8) is 0 Å². The number of sulfonamides is 1. The van der Waals surface area contributed by atoms with Crippen LogP contribution in [0, 0.1) is 17.5 Å². The zero-order valence-electron chi connectivity index (χ0n) is 13.2. The molecule has 0 saturated carbocycles. The van der Waals surface area contributed by atoms with Crippen LogP contribution in [0.5, 0.6) is 0 Å². The van der Waals surface area contributed by atoms with E-state index in [4.69, 9.17) is 5.14 Å². The largest absolute Gasteiger partial charge is 0.282 e. The van der Waals surface area contributed by atoms with Gasteiger partial charge in [-0.1, -0.05) is 6.07 Å². The maximum atomic E-state index is 14.4. The molecule has 0 atom stereocenters. The minimum Gasteiger partial charge on any atom is -0.232 e. The summed E-state index contributed by atoms with van der Waals surface area (Å²) in [7, 11) is -4.54. The summed E-state index contributed by atoms with van der Waals surface area (Å²) in [6.07, 6.45) is -3.03. The number of hydrogen-bond donors (Lipinski definition) is 1. The summed E-state index contributed by atoms with van der Waals surface area (Å²) < 4.78 is 91.5. The summed E-state index contributed by atoms with van der Waals surface area (Å²) >= 11 is 0. The number of hydrogen-bond acceptors (Lipinski definition) is 3. The molecule has 0 aliphatic carbocycles. The second-order valence-electron chi connectivity index (χ2n) is 5.45. The lowest BCUT2D eigenvalue weighted by Crippen LogP contribution is -2.15. The lowest BCUT2D eigenvalue weighted by Gasteiger charge is -2.10. The molecule has 0 spiro atoms. The average molecular weight is 403 g/mol. The van der Waals surface area contributed by atoms with Gasteiger partial charge in [0.2, 0.25) is 10.0 Å². The van der Waals surface area contributed by atoms with E-state index >= 15 is 0 Å². The molecule has 0 aliphatic heterocycles. The Morgan fingerprint density at radius 2 is 1.70 bits per heavy atom. The van der Waals surface area contributed by atoms with Crippen molar-refractivity contribution in [3.8, 4) is 16.9 Å². The van der Waals surface area contributed by atoms with Gasteiger partial charge in [0.1, 0.15) is 28.0 Å². The quantitative estimate of drug-likeness (QED) is 0.677. The Bertz CT molecular complexity index is 1130. The molecule has 0 amide bonds. The van der Waals surface area contributed by atoms with Crippen LogP contribution in [0.25, 0.3) is 16.9 Å². The summed E-state index contributed by atoms with van der Waals surface area (Å²) in [5.41, 5.74) is -1.66. The van der Waals surface area contributed by atoms with Crippen LogP contribution in [0.2, 0.25) is 0 Å². The zero-order chi connectivity index (χ0) is 19.9. The molecular formula is C16H10F5N3O2S. The van der Waals surface area contributed by atoms with Gasteiger partial charge in [0.05, 0.1) is 11.4 Å². The lowest BCUT2D eigenvalue weighted by atomic mass is 10.1. The molecule has 3 aromatic rings. The van der Waals surface area contributed by atoms with Gasteiger partial charge in [-0.2, -0.15) is 5.10 Å². The van der Waals surface area contributed by atoms with Gasteiger partial charge < -0.3 is 0 Å². The van der Waals surface area contributed by atoms with E-state index in [1.165, 1.54) is 12.1 Å². The van der Waals surface area contributed by atoms with Crippen molar-refractivity contribution in [2.24, 2.45) is 5.14 Å². The van der Waals surface area contributed by atoms with E-state index in [-0.39, 0.29) is 11.4 Å². The predicted molar refractivity (Wildman–Crippen MR) is 85.2 cm³/mol. The number of nitrogens with zero attached hydrogens (tertiary/aromatic N) is 2. The van der Waals surface area contributed by atoms with Gasteiger partial charge in [-0.3, -0.25) is 0 Å². The molecule has 5 nitrogen and oxygen atoms in total. The first-order valence-corrected chi connectivity index (χ1v) is 8.79. The maximum Gasteiger partial charge on any atom is 0.282 e. The highest BCUT2D eigenvalue weighted by Gasteiger charge is 2.24. The molecule has 142 valence electrons. The summed E-state index contributed by atoms with van der Waals surface area (Å²) in [6, 6.07) is 6.29. The number of rotatable bonds is 4. The van der Waals surface area contributed by atoms with Crippen LogP contribution in [-0.4, -0.2) is 18.2 Å². The first kappa shape index (κ1) is 19.0. The van der Waals surface area contributed by atoms with Crippen molar-refractivity contribution < 1.29 is 30.4 Å². The second-order valence-corrected chi connectivity index (χ2v) is 6.98. The van der Waals surface area contributed by atoms with E-state index in [1.807, 2.05) is 0 Å². The Kier molecular flexibility index (Phi) is 4.74. The van der Waals surface area contributed by atoms with Crippen LogP contribution >= 0.6 is 0 Å². The minimum atomic E-state index is -4.54. The standard InChI is InChI=1S/C16H10F5N3O2S/c17-8-2-1-3-9(4-8)24-14(7-13(23-24)16(20)21)10-5-12(19)15(6-11(10)18)27(22,25)26/h1-7,16H,(H2,22,25,26). The van der Waals surface area contributed by atoms with Gasteiger partial charge >= 0.3 is 0 Å². The number of aromatic nitrogens is 2. The molecule has 0 aliphatic rings. The first-order chi connectivity index (χ1) is 12.6. The summed E-state index contributed by atoms with van der Waals surface area (Å²) in [5.74, 6) is -3.32. The highest BCUT2D eigenvalue weighted by atomic mass is 32.2. The van der Waals surface area contributed by atoms with Crippen molar-refractivity contribution in [1.82, 2.24) is 9.78 Å². The molecular weight excluding hydrogens is 393 g/mol. The van der Waals surface area contributed by atoms with Crippen molar-refractivity contribution in [3.05, 3.63) is 65.6 Å². The van der Waals surface area contributed by atoms with Gasteiger partial charge in [-0.25, -0.2) is 40.2 Å². The van der Waals surface area contributed by atoms with E-state index in [1.54, 1.807) is 0 Å². The molecule has 3 rings (SSSR count). The van der Waals surface area contributed by atoms with E-state index in [2.05, 4.69) is 5.10 Å². The predicted octanol–water partition coefficient (Wildman–Crippen LogP) is 3.54. The molecule has 0 saturated heterocycles. The first-order valence-electron chi connectivity index (χ1n) is 7.24. The summed E-state index contributed by atoms with van der Waals surface area (Å²) in [5, 5.41) is 8.41. The van der Waals surface area contributed by atoms with Gasteiger partial charge in [0.25, 0.3) is 6.43 Å². The van der Waals surface area contributed by atoms with Crippen LogP contribution in [0.3, 0.4) is 0 Å². The smallest absolute Gasteiger partial charge is 0.232 e. The van der Waals surface area contributed by atoms with Crippen molar-refractivity contribution in [2.45, 2.75) is 11.3 Å². The zero-order valence-corrected chi connectivity index (χ0v) is 14.0. The third kappa shape index (κ3) is 3.69. The van der Waals surface area contributed by atoms with E-state index in [9.17, 15) is 30.4 Å². The van der Waals surface area contributed by atoms with Crippen LogP contribution in [0.4, 0.5) is 22.0 Å². The molecule has 0 radical (unpaired) electrons. The van der Waals surface area contributed by atoms with E-state index < -0.39 is 50.1 Å². The Labute approximate surface area is 149 Å². The number of alkyl halides is 2. The number of nitrogens with two attached hydrogens (primary N) is 1. The fraction of sp³-hybridized carbons (Fsp3) is 0.0625. The van der Waals surface area contributed by atoms with Crippen LogP contribution in [-0.2, 0) is 10.0 Å². The normalized spacial score (nSPS) is 12.0. The fourth-order valence-electron chi connectivity index (χ4n) is 2.45. The topological polar surface area (TPSA) is 78.0 Å². The fourth-order valence-corrected chi connectivity index (χ4v) is 3.04.